The molecule has 1 aromatic carbocycles. The van der Waals surface area contributed by atoms with E-state index in [1.807, 2.05) is 30.3 Å². The lowest BCUT2D eigenvalue weighted by molar-refractivity contribution is -0.117. The van der Waals surface area contributed by atoms with Crippen molar-refractivity contribution in [2.75, 3.05) is 24.2 Å². The van der Waals surface area contributed by atoms with E-state index in [1.165, 1.54) is 0 Å². The van der Waals surface area contributed by atoms with Crippen LogP contribution >= 0.6 is 0 Å². The minimum absolute atomic E-state index is 0.0148. The number of benzene rings is 1. The summed E-state index contributed by atoms with van der Waals surface area (Å²) in [7, 11) is -3.20. The zero-order valence-electron chi connectivity index (χ0n) is 17.1. The van der Waals surface area contributed by atoms with Crippen LogP contribution in [-0.2, 0) is 14.8 Å². The maximum absolute atomic E-state index is 12.7. The second-order valence-corrected chi connectivity index (χ2v) is 10.3. The number of nitrogens with zero attached hydrogens (tertiary/aromatic N) is 2. The van der Waals surface area contributed by atoms with E-state index < -0.39 is 15.6 Å². The Kier molecular flexibility index (Phi) is 5.79. The number of pyridine rings is 1. The lowest BCUT2D eigenvalue weighted by atomic mass is 9.76. The molecule has 1 amide bonds. The number of anilines is 1. The molecule has 0 radical (unpaired) electrons. The molecular weight excluding hydrogens is 402 g/mol. The van der Waals surface area contributed by atoms with Crippen molar-refractivity contribution >= 4 is 21.6 Å². The van der Waals surface area contributed by atoms with Crippen LogP contribution in [0.15, 0.2) is 48.8 Å². The fraction of sp³-hybridized carbons (Fsp3) is 0.455. The lowest BCUT2D eigenvalue weighted by Crippen LogP contribution is -2.52. The van der Waals surface area contributed by atoms with Crippen molar-refractivity contribution in [1.29, 1.82) is 0 Å². The summed E-state index contributed by atoms with van der Waals surface area (Å²) in [5.41, 5.74) is 1.27. The van der Waals surface area contributed by atoms with Gasteiger partial charge in [-0.15, -0.1) is 0 Å². The number of aromatic nitrogens is 1. The van der Waals surface area contributed by atoms with E-state index in [4.69, 9.17) is 4.74 Å². The Morgan fingerprint density at radius 1 is 1.23 bits per heavy atom. The van der Waals surface area contributed by atoms with Crippen molar-refractivity contribution in [1.82, 2.24) is 9.29 Å². The second-order valence-electron chi connectivity index (χ2n) is 8.02. The van der Waals surface area contributed by atoms with E-state index >= 15 is 0 Å². The van der Waals surface area contributed by atoms with Crippen molar-refractivity contribution in [3.63, 3.8) is 0 Å². The lowest BCUT2D eigenvalue weighted by Gasteiger charge is -2.46. The third kappa shape index (κ3) is 4.34. The van der Waals surface area contributed by atoms with Crippen molar-refractivity contribution in [3.8, 4) is 5.75 Å². The molecule has 2 aliphatic heterocycles. The number of amides is 1. The molecule has 4 rings (SSSR count). The first kappa shape index (κ1) is 20.8. The number of piperidine rings is 1. The molecule has 0 aliphatic carbocycles. The number of sulfonamides is 1. The smallest absolute Gasteiger partial charge is 0.225 e. The third-order valence-corrected chi connectivity index (χ3v) is 7.95. The molecule has 8 heteroatoms. The molecule has 0 unspecified atom stereocenters. The fourth-order valence-corrected chi connectivity index (χ4v) is 5.56. The van der Waals surface area contributed by atoms with Crippen LogP contribution in [0.3, 0.4) is 0 Å². The number of carbonyl (C=O) groups is 1. The Hall–Kier alpha value is -2.45. The van der Waals surface area contributed by atoms with E-state index in [9.17, 15) is 13.2 Å². The van der Waals surface area contributed by atoms with E-state index in [0.29, 0.717) is 44.5 Å². The van der Waals surface area contributed by atoms with Gasteiger partial charge in [0.1, 0.15) is 11.4 Å². The Balaban J connectivity index is 1.51. The number of nitrogens with one attached hydrogen (secondary N) is 1. The molecule has 160 valence electrons. The predicted molar refractivity (Wildman–Crippen MR) is 115 cm³/mol. The highest BCUT2D eigenvalue weighted by Gasteiger charge is 2.45. The fourth-order valence-electron chi connectivity index (χ4n) is 4.46. The third-order valence-electron chi connectivity index (χ3n) is 6.07. The van der Waals surface area contributed by atoms with Gasteiger partial charge in [0.25, 0.3) is 0 Å². The Labute approximate surface area is 177 Å². The molecule has 2 aromatic rings. The largest absolute Gasteiger partial charge is 0.487 e. The van der Waals surface area contributed by atoms with Crippen LogP contribution in [0.25, 0.3) is 0 Å². The average Bonchev–Trinajstić information content (AvgIpc) is 2.74. The van der Waals surface area contributed by atoms with Gasteiger partial charge in [0.15, 0.2) is 0 Å². The molecule has 3 heterocycles. The monoisotopic (exact) mass is 429 g/mol. The van der Waals surface area contributed by atoms with Crippen molar-refractivity contribution in [2.45, 2.75) is 44.1 Å². The Bertz CT molecular complexity index is 1000. The highest BCUT2D eigenvalue weighted by Crippen LogP contribution is 2.46. The maximum Gasteiger partial charge on any atom is 0.225 e. The van der Waals surface area contributed by atoms with Crippen LogP contribution in [0.2, 0.25) is 0 Å². The molecular formula is C22H27N3O4S. The number of hydrogen-bond donors (Lipinski definition) is 1. The van der Waals surface area contributed by atoms with E-state index in [-0.39, 0.29) is 17.6 Å². The van der Waals surface area contributed by atoms with Crippen LogP contribution in [-0.4, -0.2) is 48.1 Å². The number of para-hydroxylation sites is 1. The van der Waals surface area contributed by atoms with Gasteiger partial charge in [0.05, 0.1) is 17.6 Å². The molecule has 1 atom stereocenters. The van der Waals surface area contributed by atoms with Gasteiger partial charge in [-0.3, -0.25) is 9.78 Å². The molecule has 1 aromatic heterocycles. The summed E-state index contributed by atoms with van der Waals surface area (Å²) in [6.07, 6.45) is 5.58. The van der Waals surface area contributed by atoms with Gasteiger partial charge in [-0.25, -0.2) is 12.7 Å². The molecule has 1 N–H and O–H groups in total. The first-order valence-electron chi connectivity index (χ1n) is 10.4. The molecule has 7 nitrogen and oxygen atoms in total. The first-order valence-corrected chi connectivity index (χ1v) is 12.0. The van der Waals surface area contributed by atoms with Crippen LogP contribution in [0.5, 0.6) is 5.75 Å². The minimum Gasteiger partial charge on any atom is -0.487 e. The number of fused-ring (bicyclic) bond motifs is 1. The standard InChI is InChI=1S/C22H27N3O4S/c1-2-30(27,28)25-12-9-22(10-13-25)15-17(19-7-3-4-8-20(19)29-22)14-21(26)24-18-6-5-11-23-16-18/h3-8,11,16-17H,2,9-10,12-15H2,1H3,(H,24,26)/t17-/m1/s1. The summed E-state index contributed by atoms with van der Waals surface area (Å²) in [5.74, 6) is 0.863. The van der Waals surface area contributed by atoms with Gasteiger partial charge in [0, 0.05) is 44.5 Å². The van der Waals surface area contributed by atoms with Crippen LogP contribution < -0.4 is 10.1 Å². The molecule has 30 heavy (non-hydrogen) atoms. The summed E-state index contributed by atoms with van der Waals surface area (Å²) < 4.78 is 32.5. The highest BCUT2D eigenvalue weighted by atomic mass is 32.2. The van der Waals surface area contributed by atoms with Gasteiger partial charge < -0.3 is 10.1 Å². The summed E-state index contributed by atoms with van der Waals surface area (Å²) in [4.78, 5) is 16.8. The summed E-state index contributed by atoms with van der Waals surface area (Å²) >= 11 is 0. The maximum atomic E-state index is 12.7. The van der Waals surface area contributed by atoms with E-state index in [2.05, 4.69) is 10.3 Å². The van der Waals surface area contributed by atoms with Crippen molar-refractivity contribution in [3.05, 3.63) is 54.4 Å². The molecule has 0 saturated carbocycles. The number of hydrogen-bond acceptors (Lipinski definition) is 5. The zero-order valence-corrected chi connectivity index (χ0v) is 17.9. The quantitative estimate of drug-likeness (QED) is 0.789. The molecule has 1 spiro atoms. The van der Waals surface area contributed by atoms with Gasteiger partial charge in [0.2, 0.25) is 15.9 Å². The van der Waals surface area contributed by atoms with E-state index in [1.54, 1.807) is 29.7 Å². The average molecular weight is 430 g/mol. The molecule has 1 saturated heterocycles. The van der Waals surface area contributed by atoms with Crippen LogP contribution in [0.4, 0.5) is 5.69 Å². The summed E-state index contributed by atoms with van der Waals surface area (Å²) in [6.45, 7) is 2.57. The van der Waals surface area contributed by atoms with Gasteiger partial charge in [-0.1, -0.05) is 18.2 Å². The first-order chi connectivity index (χ1) is 14.4. The van der Waals surface area contributed by atoms with Crippen molar-refractivity contribution in [2.24, 2.45) is 0 Å². The van der Waals surface area contributed by atoms with Crippen LogP contribution in [0.1, 0.15) is 44.1 Å². The Morgan fingerprint density at radius 3 is 2.70 bits per heavy atom. The highest BCUT2D eigenvalue weighted by molar-refractivity contribution is 7.89. The zero-order chi connectivity index (χ0) is 21.2. The molecule has 0 bridgehead atoms. The topological polar surface area (TPSA) is 88.6 Å². The van der Waals surface area contributed by atoms with Gasteiger partial charge in [-0.05, 0) is 37.1 Å². The SMILES string of the molecule is CCS(=O)(=O)N1CCC2(CC1)C[C@@H](CC(=O)Nc1cccnc1)c1ccccc1O2. The summed E-state index contributed by atoms with van der Waals surface area (Å²) in [5, 5.41) is 2.92. The number of carbonyl (C=O) groups excluding carboxylic acids is 1. The minimum atomic E-state index is -3.20. The molecule has 2 aliphatic rings. The van der Waals surface area contributed by atoms with Gasteiger partial charge in [-0.2, -0.15) is 0 Å². The second kappa shape index (κ2) is 8.35. The van der Waals surface area contributed by atoms with E-state index in [0.717, 1.165) is 11.3 Å². The predicted octanol–water partition coefficient (Wildman–Crippen LogP) is 3.16. The molecule has 1 fully saturated rings. The normalized spacial score (nSPS) is 20.9. The number of rotatable bonds is 5. The number of ether oxygens (including phenoxy) is 1. The summed E-state index contributed by atoms with van der Waals surface area (Å²) in [6, 6.07) is 11.4. The van der Waals surface area contributed by atoms with Gasteiger partial charge >= 0.3 is 0 Å². The van der Waals surface area contributed by atoms with Crippen LogP contribution in [0, 0.1) is 0 Å². The Morgan fingerprint density at radius 2 is 2.00 bits per heavy atom. The van der Waals surface area contributed by atoms with Crippen molar-refractivity contribution < 1.29 is 17.9 Å².